The Morgan fingerprint density at radius 1 is 1.03 bits per heavy atom. The van der Waals surface area contributed by atoms with Crippen LogP contribution in [0.5, 0.6) is 0 Å². The van der Waals surface area contributed by atoms with Crippen LogP contribution in [0.15, 0.2) is 78.9 Å². The first-order valence-corrected chi connectivity index (χ1v) is 13.1. The highest BCUT2D eigenvalue weighted by Crippen LogP contribution is 2.34. The molecule has 1 aliphatic heterocycles. The number of carbonyl (C=O) groups is 2. The molecule has 4 rings (SSSR count). The Morgan fingerprint density at radius 2 is 1.66 bits per heavy atom. The van der Waals surface area contributed by atoms with Gasteiger partial charge in [0.25, 0.3) is 5.91 Å². The fraction of sp³-hybridized carbons (Fsp3) is 0.355. The minimum Gasteiger partial charge on any atom is -0.347 e. The topological polar surface area (TPSA) is 52.7 Å². The Hall–Kier alpha value is -2.86. The lowest BCUT2D eigenvalue weighted by Gasteiger charge is -2.43. The molecule has 0 spiro atoms. The molecule has 1 heterocycles. The number of nitrogens with one attached hydrogen (secondary N) is 1. The minimum atomic E-state index is -3.31. The molecule has 38 heavy (non-hydrogen) atoms. The molecular formula is C31H35Cl2N3O2. The number of carbonyl (C=O) groups excluding carboxylic acids is 2. The second-order valence-corrected chi connectivity index (χ2v) is 10.0. The van der Waals surface area contributed by atoms with Crippen molar-refractivity contribution in [1.82, 2.24) is 15.1 Å². The van der Waals surface area contributed by atoms with Crippen molar-refractivity contribution >= 4 is 35.0 Å². The number of amides is 2. The van der Waals surface area contributed by atoms with Gasteiger partial charge in [-0.25, -0.2) is 0 Å². The van der Waals surface area contributed by atoms with E-state index in [0.29, 0.717) is 4.90 Å². The maximum atomic E-state index is 13.5. The molecule has 2 amide bonds. The normalized spacial score (nSPS) is 20.7. The number of rotatable bonds is 9. The number of piperidine rings is 1. The third-order valence-electron chi connectivity index (χ3n) is 6.51. The molecule has 0 aromatic heterocycles. The molecular weight excluding hydrogens is 517 g/mol. The zero-order chi connectivity index (χ0) is 33.4. The standard InChI is InChI=1S/C31H35Cl2N3O2/c1-23(37)34-31(27-11-7-4-8-12-27)16-19-36(20-17-31)18-15-26(25-13-14-28(32)29(33)21-25)22-35(2)30(38)24-9-5-3-6-10-24/h3-14,21,26H,15-20,22H2,1-2H3,(H,34,37)/t26-/m1/s1/i15D2,18D2,22D2,26D. The van der Waals surface area contributed by atoms with E-state index in [2.05, 4.69) is 5.32 Å². The molecule has 1 atom stereocenters. The molecule has 0 aliphatic carbocycles. The van der Waals surface area contributed by atoms with Gasteiger partial charge >= 0.3 is 0 Å². The predicted octanol–water partition coefficient (Wildman–Crippen LogP) is 6.37. The van der Waals surface area contributed by atoms with Gasteiger partial charge in [-0.3, -0.25) is 9.59 Å². The van der Waals surface area contributed by atoms with Gasteiger partial charge in [0.15, 0.2) is 0 Å². The fourth-order valence-corrected chi connectivity index (χ4v) is 4.82. The smallest absolute Gasteiger partial charge is 0.253 e. The van der Waals surface area contributed by atoms with Crippen LogP contribution in [-0.4, -0.2) is 54.7 Å². The minimum absolute atomic E-state index is 0.0269. The van der Waals surface area contributed by atoms with Crippen LogP contribution in [0.25, 0.3) is 0 Å². The Morgan fingerprint density at radius 3 is 2.26 bits per heavy atom. The van der Waals surface area contributed by atoms with Crippen molar-refractivity contribution in [2.75, 3.05) is 33.1 Å². The molecule has 1 saturated heterocycles. The molecule has 0 radical (unpaired) electrons. The molecule has 0 unspecified atom stereocenters. The molecule has 1 aliphatic rings. The van der Waals surface area contributed by atoms with E-state index in [1.807, 2.05) is 30.3 Å². The van der Waals surface area contributed by atoms with Crippen LogP contribution in [0.1, 0.15) is 63.1 Å². The summed E-state index contributed by atoms with van der Waals surface area (Å²) in [5, 5.41) is 3.00. The van der Waals surface area contributed by atoms with E-state index in [1.165, 1.54) is 36.1 Å². The summed E-state index contributed by atoms with van der Waals surface area (Å²) in [6.45, 7) is -4.74. The van der Waals surface area contributed by atoms with Crippen LogP contribution in [0.3, 0.4) is 0 Å². The number of hydrogen-bond donors (Lipinski definition) is 1. The van der Waals surface area contributed by atoms with Gasteiger partial charge in [0.05, 0.1) is 18.3 Å². The van der Waals surface area contributed by atoms with E-state index in [4.69, 9.17) is 25.9 Å². The second-order valence-electron chi connectivity index (χ2n) is 9.20. The summed E-state index contributed by atoms with van der Waals surface area (Å²) >= 11 is 12.4. The van der Waals surface area contributed by atoms with Gasteiger partial charge in [0.2, 0.25) is 5.91 Å². The third kappa shape index (κ3) is 6.96. The third-order valence-corrected chi connectivity index (χ3v) is 7.25. The summed E-state index contributed by atoms with van der Waals surface area (Å²) in [5.41, 5.74) is -0.204. The van der Waals surface area contributed by atoms with Crippen LogP contribution in [-0.2, 0) is 10.3 Å². The van der Waals surface area contributed by atoms with Crippen LogP contribution in [0.2, 0.25) is 10.0 Å². The maximum absolute atomic E-state index is 13.5. The number of halogens is 2. The summed E-state index contributed by atoms with van der Waals surface area (Å²) in [5.74, 6) is -4.17. The lowest BCUT2D eigenvalue weighted by molar-refractivity contribution is -0.121. The average molecular weight is 560 g/mol. The van der Waals surface area contributed by atoms with Crippen LogP contribution >= 0.6 is 23.2 Å². The van der Waals surface area contributed by atoms with E-state index in [-0.39, 0.29) is 53.0 Å². The zero-order valence-corrected chi connectivity index (χ0v) is 22.8. The van der Waals surface area contributed by atoms with Crippen LogP contribution in [0.4, 0.5) is 0 Å². The molecule has 1 fully saturated rings. The monoisotopic (exact) mass is 558 g/mol. The van der Waals surface area contributed by atoms with Gasteiger partial charge in [0.1, 0.15) is 0 Å². The van der Waals surface area contributed by atoms with Crippen molar-refractivity contribution in [3.05, 3.63) is 106 Å². The number of likely N-dealkylation sites (tertiary alicyclic amines) is 1. The molecule has 0 saturated carbocycles. The largest absolute Gasteiger partial charge is 0.347 e. The van der Waals surface area contributed by atoms with Gasteiger partial charge in [-0.15, -0.1) is 0 Å². The van der Waals surface area contributed by atoms with Crippen molar-refractivity contribution in [3.8, 4) is 0 Å². The maximum Gasteiger partial charge on any atom is 0.253 e. The SMILES string of the molecule is [2H]C([2H])(N1CCC(NC(C)=O)(c2ccccc2)CC1)C([2H])([2H])[C@@]([2H])(c1ccc(Cl)c(Cl)c1)C([2H])([2H])N(C)C(=O)c1ccccc1. The highest BCUT2D eigenvalue weighted by Gasteiger charge is 2.37. The first-order valence-electron chi connectivity index (χ1n) is 15.8. The molecule has 3 aromatic rings. The van der Waals surface area contributed by atoms with E-state index in [0.717, 1.165) is 18.7 Å². The average Bonchev–Trinajstić information content (AvgIpc) is 3.01. The lowest BCUT2D eigenvalue weighted by atomic mass is 9.80. The highest BCUT2D eigenvalue weighted by atomic mass is 35.5. The number of nitrogens with zero attached hydrogens (tertiary/aromatic N) is 2. The quantitative estimate of drug-likeness (QED) is 0.332. The van der Waals surface area contributed by atoms with Crippen molar-refractivity contribution < 1.29 is 19.2 Å². The zero-order valence-electron chi connectivity index (χ0n) is 28.3. The molecule has 1 N–H and O–H groups in total. The molecule has 7 heteroatoms. The first-order chi connectivity index (χ1) is 20.9. The van der Waals surface area contributed by atoms with E-state index in [1.54, 1.807) is 18.2 Å². The van der Waals surface area contributed by atoms with Gasteiger partial charge in [-0.1, -0.05) is 77.8 Å². The van der Waals surface area contributed by atoms with E-state index >= 15 is 0 Å². The number of likely N-dealkylation sites (N-methyl/N-ethyl adjacent to an activating group) is 1. The van der Waals surface area contributed by atoms with Crippen molar-refractivity contribution in [3.63, 3.8) is 0 Å². The van der Waals surface area contributed by atoms with E-state index in [9.17, 15) is 16.4 Å². The first kappa shape index (κ1) is 20.1. The van der Waals surface area contributed by atoms with Crippen molar-refractivity contribution in [2.24, 2.45) is 0 Å². The molecule has 5 nitrogen and oxygen atoms in total. The van der Waals surface area contributed by atoms with Crippen LogP contribution < -0.4 is 5.32 Å². The highest BCUT2D eigenvalue weighted by molar-refractivity contribution is 6.42. The van der Waals surface area contributed by atoms with Gasteiger partial charge in [0, 0.05) is 51.9 Å². The Labute approximate surface area is 245 Å². The summed E-state index contributed by atoms with van der Waals surface area (Å²) in [6, 6.07) is 20.7. The molecule has 200 valence electrons. The number of hydrogen-bond acceptors (Lipinski definition) is 3. The Balaban J connectivity index is 1.79. The summed E-state index contributed by atoms with van der Waals surface area (Å²) < 4.78 is 64.9. The predicted molar refractivity (Wildman–Crippen MR) is 155 cm³/mol. The van der Waals surface area contributed by atoms with Crippen molar-refractivity contribution in [1.29, 1.82) is 0 Å². The summed E-state index contributed by atoms with van der Waals surface area (Å²) in [7, 11) is 1.12. The number of benzene rings is 3. The van der Waals surface area contributed by atoms with Gasteiger partial charge < -0.3 is 15.1 Å². The van der Waals surface area contributed by atoms with Crippen molar-refractivity contribution in [2.45, 2.75) is 37.6 Å². The summed E-state index contributed by atoms with van der Waals surface area (Å²) in [4.78, 5) is 27.5. The van der Waals surface area contributed by atoms with Gasteiger partial charge in [-0.05, 0) is 61.1 Å². The summed E-state index contributed by atoms with van der Waals surface area (Å²) in [6.07, 6.45) is -2.86. The Bertz CT molecular complexity index is 1540. The lowest BCUT2D eigenvalue weighted by Crippen LogP contribution is -2.52. The molecule has 3 aromatic carbocycles. The van der Waals surface area contributed by atoms with Gasteiger partial charge in [-0.2, -0.15) is 0 Å². The van der Waals surface area contributed by atoms with Crippen LogP contribution in [0, 0.1) is 0 Å². The molecule has 0 bridgehead atoms. The van der Waals surface area contributed by atoms with E-state index < -0.39 is 36.7 Å². The second kappa shape index (κ2) is 12.8. The fourth-order valence-electron chi connectivity index (χ4n) is 4.52. The Kier molecular flexibility index (Phi) is 6.77.